The molecule has 3 aliphatic rings. The molecule has 0 atom stereocenters. The number of hydrogen-bond acceptors (Lipinski definition) is 4. The second-order valence-corrected chi connectivity index (χ2v) is 8.85. The lowest BCUT2D eigenvalue weighted by atomic mass is 9.88. The molecule has 4 heteroatoms. The number of nitrogens with one attached hydrogen (secondary N) is 2. The van der Waals surface area contributed by atoms with E-state index in [1.54, 1.807) is 11.1 Å². The number of aryl methyl sites for hydroxylation is 2. The summed E-state index contributed by atoms with van der Waals surface area (Å²) in [5, 5.41) is 15.3. The minimum atomic E-state index is 1.02. The molecule has 1 fully saturated rings. The molecule has 31 heavy (non-hydrogen) atoms. The number of rotatable bonds is 8. The highest BCUT2D eigenvalue weighted by Gasteiger charge is 2.16. The number of aromatic nitrogens is 2. The van der Waals surface area contributed by atoms with Gasteiger partial charge in [-0.3, -0.25) is 0 Å². The zero-order valence-electron chi connectivity index (χ0n) is 19.8. The highest BCUT2D eigenvalue weighted by Crippen LogP contribution is 2.32. The normalized spacial score (nSPS) is 17.7. The van der Waals surface area contributed by atoms with Crippen LogP contribution in [0.4, 0.5) is 0 Å². The SMILES string of the molecule is CCCNCCCc1cnnc2c1CCCC2.CCNC1=C2CCCCC2=CCC=C1. The summed E-state index contributed by atoms with van der Waals surface area (Å²) in [4.78, 5) is 0. The van der Waals surface area contributed by atoms with Crippen LogP contribution in [0.2, 0.25) is 0 Å². The predicted octanol–water partition coefficient (Wildman–Crippen LogP) is 5.60. The molecule has 1 aromatic heterocycles. The third-order valence-electron chi connectivity index (χ3n) is 6.43. The molecule has 4 nitrogen and oxygen atoms in total. The van der Waals surface area contributed by atoms with Crippen LogP contribution in [0.1, 0.15) is 88.5 Å². The fourth-order valence-corrected chi connectivity index (χ4v) is 4.83. The van der Waals surface area contributed by atoms with Gasteiger partial charge in [0.1, 0.15) is 0 Å². The van der Waals surface area contributed by atoms with Gasteiger partial charge < -0.3 is 10.6 Å². The summed E-state index contributed by atoms with van der Waals surface area (Å²) >= 11 is 0. The lowest BCUT2D eigenvalue weighted by molar-refractivity contribution is 0.620. The first-order valence-electron chi connectivity index (χ1n) is 12.7. The molecule has 3 aliphatic carbocycles. The van der Waals surface area contributed by atoms with Crippen LogP contribution in [0.3, 0.4) is 0 Å². The van der Waals surface area contributed by atoms with Crippen LogP contribution >= 0.6 is 0 Å². The summed E-state index contributed by atoms with van der Waals surface area (Å²) in [6.45, 7) is 7.64. The molecular formula is C27H42N4. The second kappa shape index (κ2) is 13.5. The molecule has 2 N–H and O–H groups in total. The van der Waals surface area contributed by atoms with Crippen LogP contribution in [-0.2, 0) is 19.3 Å². The Labute approximate surface area is 189 Å². The molecule has 0 aromatic carbocycles. The summed E-state index contributed by atoms with van der Waals surface area (Å²) in [5.74, 6) is 0. The van der Waals surface area contributed by atoms with Gasteiger partial charge in [0.2, 0.25) is 0 Å². The minimum absolute atomic E-state index is 1.02. The second-order valence-electron chi connectivity index (χ2n) is 8.85. The highest BCUT2D eigenvalue weighted by atomic mass is 15.1. The molecule has 0 amide bonds. The lowest BCUT2D eigenvalue weighted by Gasteiger charge is -2.20. The Kier molecular flexibility index (Phi) is 10.3. The number of allylic oxidation sites excluding steroid dienone is 5. The molecule has 170 valence electrons. The van der Waals surface area contributed by atoms with E-state index in [2.05, 4.69) is 52.9 Å². The Hall–Kier alpha value is -1.94. The molecule has 1 heterocycles. The lowest BCUT2D eigenvalue weighted by Crippen LogP contribution is -2.17. The van der Waals surface area contributed by atoms with Crippen LogP contribution in [0.5, 0.6) is 0 Å². The average molecular weight is 423 g/mol. The molecule has 0 saturated heterocycles. The van der Waals surface area contributed by atoms with E-state index in [-0.39, 0.29) is 0 Å². The highest BCUT2D eigenvalue weighted by molar-refractivity contribution is 5.43. The average Bonchev–Trinajstić information content (AvgIpc) is 3.02. The van der Waals surface area contributed by atoms with E-state index >= 15 is 0 Å². The first kappa shape index (κ1) is 23.7. The fourth-order valence-electron chi connectivity index (χ4n) is 4.83. The smallest absolute Gasteiger partial charge is 0.0665 e. The molecule has 0 unspecified atom stereocenters. The van der Waals surface area contributed by atoms with Gasteiger partial charge in [-0.2, -0.15) is 10.2 Å². The quantitative estimate of drug-likeness (QED) is 0.536. The minimum Gasteiger partial charge on any atom is -0.385 e. The molecule has 4 rings (SSSR count). The van der Waals surface area contributed by atoms with Gasteiger partial charge in [0.05, 0.1) is 11.9 Å². The van der Waals surface area contributed by atoms with Crippen molar-refractivity contribution in [3.8, 4) is 0 Å². The van der Waals surface area contributed by atoms with E-state index < -0.39 is 0 Å². The van der Waals surface area contributed by atoms with Crippen LogP contribution in [-0.4, -0.2) is 29.8 Å². The van der Waals surface area contributed by atoms with Crippen molar-refractivity contribution >= 4 is 0 Å². The Morgan fingerprint density at radius 2 is 1.81 bits per heavy atom. The monoisotopic (exact) mass is 422 g/mol. The van der Waals surface area contributed by atoms with Gasteiger partial charge in [0, 0.05) is 12.2 Å². The number of nitrogens with zero attached hydrogens (tertiary/aromatic N) is 2. The molecule has 1 saturated carbocycles. The summed E-state index contributed by atoms with van der Waals surface area (Å²) in [5.41, 5.74) is 8.74. The van der Waals surface area contributed by atoms with E-state index in [4.69, 9.17) is 0 Å². The van der Waals surface area contributed by atoms with Crippen LogP contribution in [0, 0.1) is 0 Å². The number of fused-ring (bicyclic) bond motifs is 2. The molecule has 1 aromatic rings. The van der Waals surface area contributed by atoms with Crippen molar-refractivity contribution < 1.29 is 0 Å². The summed E-state index contributed by atoms with van der Waals surface area (Å²) in [6.07, 6.45) is 23.8. The van der Waals surface area contributed by atoms with Gasteiger partial charge in [0.25, 0.3) is 0 Å². The maximum atomic E-state index is 4.27. The largest absolute Gasteiger partial charge is 0.385 e. The number of likely N-dealkylation sites (N-methyl/N-ethyl adjacent to an activating group) is 1. The predicted molar refractivity (Wildman–Crippen MR) is 131 cm³/mol. The topological polar surface area (TPSA) is 49.8 Å². The fraction of sp³-hybridized carbons (Fsp3) is 0.630. The zero-order valence-corrected chi connectivity index (χ0v) is 19.8. The van der Waals surface area contributed by atoms with E-state index in [9.17, 15) is 0 Å². The van der Waals surface area contributed by atoms with Gasteiger partial charge in [-0.1, -0.05) is 19.1 Å². The Morgan fingerprint density at radius 3 is 2.68 bits per heavy atom. The first-order valence-corrected chi connectivity index (χ1v) is 12.7. The van der Waals surface area contributed by atoms with Crippen LogP contribution in [0.25, 0.3) is 0 Å². The van der Waals surface area contributed by atoms with Crippen molar-refractivity contribution in [2.24, 2.45) is 0 Å². The van der Waals surface area contributed by atoms with E-state index in [1.165, 1.54) is 80.3 Å². The standard InChI is InChI=1S/C14H23N3.C13H19N/c1-2-9-15-10-5-6-12-11-16-17-14-8-4-3-7-13(12)14;1-2-14-13-10-6-4-8-11-7-3-5-9-12(11)13/h11,15H,2-10H2,1H3;6,8,10,14H,2-5,7,9H2,1H3. The molecular weight excluding hydrogens is 380 g/mol. The van der Waals surface area contributed by atoms with Gasteiger partial charge in [-0.25, -0.2) is 0 Å². The van der Waals surface area contributed by atoms with Crippen molar-refractivity contribution in [2.75, 3.05) is 19.6 Å². The third-order valence-corrected chi connectivity index (χ3v) is 6.43. The zero-order chi connectivity index (χ0) is 21.7. The van der Waals surface area contributed by atoms with E-state index in [0.29, 0.717) is 0 Å². The summed E-state index contributed by atoms with van der Waals surface area (Å²) < 4.78 is 0. The van der Waals surface area contributed by atoms with Crippen molar-refractivity contribution in [1.82, 2.24) is 20.8 Å². The third kappa shape index (κ3) is 7.31. The Morgan fingerprint density at radius 1 is 0.968 bits per heavy atom. The van der Waals surface area contributed by atoms with Crippen molar-refractivity contribution in [2.45, 2.75) is 90.9 Å². The molecule has 0 radical (unpaired) electrons. The van der Waals surface area contributed by atoms with Gasteiger partial charge in [-0.15, -0.1) is 0 Å². The molecule has 0 aliphatic heterocycles. The maximum absolute atomic E-state index is 4.27. The van der Waals surface area contributed by atoms with Gasteiger partial charge in [-0.05, 0) is 125 Å². The van der Waals surface area contributed by atoms with Crippen LogP contribution < -0.4 is 10.6 Å². The van der Waals surface area contributed by atoms with Crippen LogP contribution in [0.15, 0.2) is 41.3 Å². The summed E-state index contributed by atoms with van der Waals surface area (Å²) in [6, 6.07) is 0. The van der Waals surface area contributed by atoms with Gasteiger partial charge >= 0.3 is 0 Å². The summed E-state index contributed by atoms with van der Waals surface area (Å²) in [7, 11) is 0. The first-order chi connectivity index (χ1) is 15.3. The van der Waals surface area contributed by atoms with Crippen molar-refractivity contribution in [3.05, 3.63) is 58.1 Å². The maximum Gasteiger partial charge on any atom is 0.0665 e. The van der Waals surface area contributed by atoms with Crippen molar-refractivity contribution in [3.63, 3.8) is 0 Å². The Balaban J connectivity index is 0.000000179. The van der Waals surface area contributed by atoms with E-state index in [1.807, 2.05) is 6.20 Å². The van der Waals surface area contributed by atoms with E-state index in [0.717, 1.165) is 38.9 Å². The molecule has 0 bridgehead atoms. The Bertz CT molecular complexity index is 775. The van der Waals surface area contributed by atoms with Crippen molar-refractivity contribution in [1.29, 1.82) is 0 Å². The molecule has 0 spiro atoms. The number of hydrogen-bond donors (Lipinski definition) is 2. The van der Waals surface area contributed by atoms with Gasteiger partial charge in [0.15, 0.2) is 0 Å².